The van der Waals surface area contributed by atoms with Crippen molar-refractivity contribution in [1.82, 2.24) is 4.72 Å². The monoisotopic (exact) mass is 351 g/mol. The van der Waals surface area contributed by atoms with E-state index in [0.717, 1.165) is 6.07 Å². The molecule has 0 aliphatic heterocycles. The minimum absolute atomic E-state index is 0.212. The Morgan fingerprint density at radius 1 is 1.50 bits per heavy atom. The third kappa shape index (κ3) is 4.61. The Hall–Kier alpha value is -0.550. The summed E-state index contributed by atoms with van der Waals surface area (Å²) in [5.74, 6) is 2.71. The summed E-state index contributed by atoms with van der Waals surface area (Å²) >= 11 is 4.50. The number of rotatable bonds is 6. The van der Waals surface area contributed by atoms with E-state index in [9.17, 15) is 12.8 Å². The number of hydrogen-bond donors (Lipinski definition) is 1. The van der Waals surface area contributed by atoms with Crippen LogP contribution < -0.4 is 4.72 Å². The van der Waals surface area contributed by atoms with E-state index in [1.807, 2.05) is 0 Å². The fourth-order valence-electron chi connectivity index (χ4n) is 1.15. The summed E-state index contributed by atoms with van der Waals surface area (Å²) in [5, 5.41) is 0. The van der Waals surface area contributed by atoms with Gasteiger partial charge in [0.05, 0.1) is 5.75 Å². The van der Waals surface area contributed by atoms with Crippen LogP contribution in [-0.2, 0) is 10.0 Å². The summed E-state index contributed by atoms with van der Waals surface area (Å²) in [6, 6.07) is 3.81. The van der Waals surface area contributed by atoms with E-state index in [1.165, 1.54) is 23.9 Å². The van der Waals surface area contributed by atoms with Gasteiger partial charge in [-0.2, -0.15) is 0 Å². The number of thioether (sulfide) groups is 1. The molecule has 0 saturated carbocycles. The maximum atomic E-state index is 13.5. The molecule has 1 aromatic carbocycles. The summed E-state index contributed by atoms with van der Waals surface area (Å²) in [6.45, 7) is 0.212. The molecule has 0 atom stereocenters. The van der Waals surface area contributed by atoms with Crippen molar-refractivity contribution < 1.29 is 12.8 Å². The van der Waals surface area contributed by atoms with Gasteiger partial charge < -0.3 is 0 Å². The third-order valence-electron chi connectivity index (χ3n) is 1.91. The molecule has 0 saturated heterocycles. The lowest BCUT2D eigenvalue weighted by Gasteiger charge is -2.07. The lowest BCUT2D eigenvalue weighted by Crippen LogP contribution is -2.26. The number of terminal acetylenes is 1. The van der Waals surface area contributed by atoms with Crippen LogP contribution in [0.1, 0.15) is 0 Å². The van der Waals surface area contributed by atoms with Gasteiger partial charge >= 0.3 is 0 Å². The lowest BCUT2D eigenvalue weighted by atomic mass is 10.3. The second-order valence-electron chi connectivity index (χ2n) is 3.23. The van der Waals surface area contributed by atoms with Crippen LogP contribution in [0.25, 0.3) is 0 Å². The van der Waals surface area contributed by atoms with Gasteiger partial charge in [-0.3, -0.25) is 0 Å². The highest BCUT2D eigenvalue weighted by Gasteiger charge is 2.18. The van der Waals surface area contributed by atoms with E-state index in [-0.39, 0.29) is 11.4 Å². The van der Waals surface area contributed by atoms with Crippen LogP contribution in [0.3, 0.4) is 0 Å². The zero-order valence-electron chi connectivity index (χ0n) is 9.32. The van der Waals surface area contributed by atoms with Crippen LogP contribution in [0.4, 0.5) is 4.39 Å². The van der Waals surface area contributed by atoms with Crippen LogP contribution in [0, 0.1) is 18.2 Å². The summed E-state index contributed by atoms with van der Waals surface area (Å²) in [4.78, 5) is -0.354. The molecule has 0 aromatic heterocycles. The van der Waals surface area contributed by atoms with Gasteiger partial charge in [0.25, 0.3) is 0 Å². The molecule has 1 N–H and O–H groups in total. The van der Waals surface area contributed by atoms with Gasteiger partial charge in [0.1, 0.15) is 10.7 Å². The third-order valence-corrected chi connectivity index (χ3v) is 4.76. The Bertz CT molecular complexity index is 555. The molecule has 18 heavy (non-hydrogen) atoms. The smallest absolute Gasteiger partial charge is 0.210 e. The van der Waals surface area contributed by atoms with E-state index in [4.69, 9.17) is 6.42 Å². The van der Waals surface area contributed by atoms with Crippen LogP contribution in [-0.4, -0.2) is 26.5 Å². The van der Waals surface area contributed by atoms with Crippen LogP contribution in [0.2, 0.25) is 0 Å². The van der Waals surface area contributed by atoms with Gasteiger partial charge in [-0.25, -0.2) is 17.5 Å². The predicted octanol–water partition coefficient (Wildman–Crippen LogP) is 2.23. The van der Waals surface area contributed by atoms with Gasteiger partial charge in [-0.1, -0.05) is 21.9 Å². The molecule has 98 valence electrons. The Morgan fingerprint density at radius 3 is 2.83 bits per heavy atom. The molecule has 0 unspecified atom stereocenters. The van der Waals surface area contributed by atoms with Crippen LogP contribution in [0.15, 0.2) is 27.6 Å². The van der Waals surface area contributed by atoms with Crippen molar-refractivity contribution in [3.63, 3.8) is 0 Å². The molecule has 3 nitrogen and oxygen atoms in total. The first-order valence-electron chi connectivity index (χ1n) is 4.93. The predicted molar refractivity (Wildman–Crippen MR) is 75.4 cm³/mol. The number of hydrogen-bond acceptors (Lipinski definition) is 3. The number of halogens is 2. The molecule has 0 heterocycles. The summed E-state index contributed by atoms with van der Waals surface area (Å²) in [6.07, 6.45) is 5.06. The van der Waals surface area contributed by atoms with Crippen molar-refractivity contribution in [2.45, 2.75) is 4.90 Å². The van der Waals surface area contributed by atoms with Gasteiger partial charge in [0.15, 0.2) is 0 Å². The molecule has 0 aliphatic carbocycles. The van der Waals surface area contributed by atoms with Crippen LogP contribution >= 0.6 is 27.7 Å². The number of sulfonamides is 1. The molecule has 0 radical (unpaired) electrons. The highest BCUT2D eigenvalue weighted by molar-refractivity contribution is 9.10. The Labute approximate surface area is 119 Å². The topological polar surface area (TPSA) is 46.2 Å². The molecule has 1 aromatic rings. The Morgan fingerprint density at radius 2 is 2.22 bits per heavy atom. The second-order valence-corrected chi connectivity index (χ2v) is 6.99. The summed E-state index contributed by atoms with van der Waals surface area (Å²) in [5.41, 5.74) is 0. The van der Waals surface area contributed by atoms with E-state index in [2.05, 4.69) is 26.6 Å². The van der Waals surface area contributed by atoms with Crippen molar-refractivity contribution in [1.29, 1.82) is 0 Å². The van der Waals surface area contributed by atoms with Gasteiger partial charge in [-0.05, 0) is 18.2 Å². The standard InChI is InChI=1S/C11H11BrFNO2S2/c1-2-6-17-7-5-14-18(15,16)11-4-3-9(12)8-10(11)13/h1,3-4,8,14H,5-7H2. The SMILES string of the molecule is C#CCSCCNS(=O)(=O)c1ccc(Br)cc1F. The molecule has 1 rings (SSSR count). The Kier molecular flexibility index (Phi) is 6.15. The highest BCUT2D eigenvalue weighted by Crippen LogP contribution is 2.19. The first-order valence-corrected chi connectivity index (χ1v) is 8.36. The fourth-order valence-corrected chi connectivity index (χ4v) is 3.21. The average Bonchev–Trinajstić information content (AvgIpc) is 2.28. The first-order chi connectivity index (χ1) is 8.47. The maximum Gasteiger partial charge on any atom is 0.243 e. The minimum Gasteiger partial charge on any atom is -0.210 e. The molecular formula is C11H11BrFNO2S2. The fraction of sp³-hybridized carbons (Fsp3) is 0.273. The molecule has 0 spiro atoms. The van der Waals surface area contributed by atoms with Crippen molar-refractivity contribution in [2.75, 3.05) is 18.1 Å². The first kappa shape index (κ1) is 15.5. The molecule has 0 bridgehead atoms. The van der Waals surface area contributed by atoms with E-state index < -0.39 is 15.8 Å². The van der Waals surface area contributed by atoms with Crippen molar-refractivity contribution in [3.8, 4) is 12.3 Å². The van der Waals surface area contributed by atoms with Crippen molar-refractivity contribution in [2.24, 2.45) is 0 Å². The summed E-state index contributed by atoms with van der Waals surface area (Å²) < 4.78 is 39.9. The normalized spacial score (nSPS) is 11.2. The Balaban J connectivity index is 2.66. The lowest BCUT2D eigenvalue weighted by molar-refractivity contribution is 0.558. The van der Waals surface area contributed by atoms with Crippen molar-refractivity contribution >= 4 is 37.7 Å². The van der Waals surface area contributed by atoms with E-state index in [1.54, 1.807) is 0 Å². The zero-order chi connectivity index (χ0) is 13.6. The highest BCUT2D eigenvalue weighted by atomic mass is 79.9. The van der Waals surface area contributed by atoms with Crippen molar-refractivity contribution in [3.05, 3.63) is 28.5 Å². The van der Waals surface area contributed by atoms with Crippen LogP contribution in [0.5, 0.6) is 0 Å². The average molecular weight is 352 g/mol. The quantitative estimate of drug-likeness (QED) is 0.631. The van der Waals surface area contributed by atoms with Gasteiger partial charge in [0, 0.05) is 16.8 Å². The van der Waals surface area contributed by atoms with Gasteiger partial charge in [0.2, 0.25) is 10.0 Å². The van der Waals surface area contributed by atoms with E-state index in [0.29, 0.717) is 16.0 Å². The zero-order valence-corrected chi connectivity index (χ0v) is 12.5. The largest absolute Gasteiger partial charge is 0.243 e. The summed E-state index contributed by atoms with van der Waals surface area (Å²) in [7, 11) is -3.81. The number of nitrogens with one attached hydrogen (secondary N) is 1. The molecule has 7 heteroatoms. The molecule has 0 amide bonds. The molecule has 0 fully saturated rings. The maximum absolute atomic E-state index is 13.5. The second kappa shape index (κ2) is 7.14. The minimum atomic E-state index is -3.81. The van der Waals surface area contributed by atoms with Gasteiger partial charge in [-0.15, -0.1) is 18.2 Å². The number of benzene rings is 1. The van der Waals surface area contributed by atoms with E-state index >= 15 is 0 Å². The molecule has 0 aliphatic rings. The molecular weight excluding hydrogens is 341 g/mol.